The SMILES string of the molecule is COCCC1=N[CH]CN1. The van der Waals surface area contributed by atoms with E-state index in [0.717, 1.165) is 25.4 Å². The Bertz CT molecular complexity index is 112. The van der Waals surface area contributed by atoms with Crippen LogP contribution in [0.3, 0.4) is 0 Å². The minimum atomic E-state index is 0.750. The number of rotatable bonds is 3. The highest BCUT2D eigenvalue weighted by atomic mass is 16.5. The van der Waals surface area contributed by atoms with Crippen LogP contribution in [0.25, 0.3) is 0 Å². The van der Waals surface area contributed by atoms with E-state index in [0.29, 0.717) is 0 Å². The van der Waals surface area contributed by atoms with Crippen molar-refractivity contribution in [1.82, 2.24) is 5.32 Å². The summed E-state index contributed by atoms with van der Waals surface area (Å²) >= 11 is 0. The Labute approximate surface area is 55.1 Å². The van der Waals surface area contributed by atoms with Gasteiger partial charge in [0.1, 0.15) is 0 Å². The van der Waals surface area contributed by atoms with Crippen molar-refractivity contribution >= 4 is 5.84 Å². The van der Waals surface area contributed by atoms with E-state index in [2.05, 4.69) is 10.3 Å². The highest BCUT2D eigenvalue weighted by Crippen LogP contribution is 1.93. The molecule has 0 fully saturated rings. The molecule has 1 radical (unpaired) electrons. The van der Waals surface area contributed by atoms with Gasteiger partial charge in [-0.25, -0.2) is 0 Å². The molecule has 0 saturated heterocycles. The second kappa shape index (κ2) is 3.45. The topological polar surface area (TPSA) is 33.6 Å². The highest BCUT2D eigenvalue weighted by Gasteiger charge is 2.02. The lowest BCUT2D eigenvalue weighted by Gasteiger charge is -1.98. The number of methoxy groups -OCH3 is 1. The molecule has 0 aromatic rings. The molecule has 1 heterocycles. The molecule has 51 valence electrons. The third-order valence-corrected chi connectivity index (χ3v) is 1.19. The van der Waals surface area contributed by atoms with Crippen molar-refractivity contribution in [1.29, 1.82) is 0 Å². The lowest BCUT2D eigenvalue weighted by molar-refractivity contribution is 0.207. The van der Waals surface area contributed by atoms with E-state index in [-0.39, 0.29) is 0 Å². The van der Waals surface area contributed by atoms with Crippen LogP contribution in [0.15, 0.2) is 4.99 Å². The summed E-state index contributed by atoms with van der Waals surface area (Å²) in [5.74, 6) is 1.04. The van der Waals surface area contributed by atoms with Crippen LogP contribution in [0.2, 0.25) is 0 Å². The summed E-state index contributed by atoms with van der Waals surface area (Å²) in [4.78, 5) is 4.07. The summed E-state index contributed by atoms with van der Waals surface area (Å²) in [5, 5.41) is 3.11. The first-order valence-corrected chi connectivity index (χ1v) is 3.04. The lowest BCUT2D eigenvalue weighted by Crippen LogP contribution is -2.19. The number of ether oxygens (including phenoxy) is 1. The number of hydrogen-bond acceptors (Lipinski definition) is 3. The zero-order valence-corrected chi connectivity index (χ0v) is 5.55. The molecule has 0 saturated carbocycles. The van der Waals surface area contributed by atoms with Gasteiger partial charge in [-0.15, -0.1) is 0 Å². The average Bonchev–Trinajstić information content (AvgIpc) is 2.34. The van der Waals surface area contributed by atoms with Gasteiger partial charge in [0.2, 0.25) is 0 Å². The lowest BCUT2D eigenvalue weighted by atomic mass is 10.4. The minimum absolute atomic E-state index is 0.750. The Kier molecular flexibility index (Phi) is 2.51. The predicted octanol–water partition coefficient (Wildman–Crippen LogP) is 0.186. The molecule has 0 amide bonds. The number of nitrogens with zero attached hydrogens (tertiary/aromatic N) is 1. The maximum Gasteiger partial charge on any atom is 0.0992 e. The van der Waals surface area contributed by atoms with Crippen molar-refractivity contribution in [2.75, 3.05) is 20.3 Å². The third kappa shape index (κ3) is 2.01. The van der Waals surface area contributed by atoms with E-state index in [1.54, 1.807) is 7.11 Å². The van der Waals surface area contributed by atoms with Gasteiger partial charge in [0.25, 0.3) is 0 Å². The van der Waals surface area contributed by atoms with Gasteiger partial charge in [0.05, 0.1) is 19.0 Å². The van der Waals surface area contributed by atoms with Crippen molar-refractivity contribution in [2.45, 2.75) is 6.42 Å². The van der Waals surface area contributed by atoms with Gasteiger partial charge >= 0.3 is 0 Å². The maximum atomic E-state index is 4.87. The molecule has 0 unspecified atom stereocenters. The molecule has 3 nitrogen and oxygen atoms in total. The number of nitrogens with one attached hydrogen (secondary N) is 1. The van der Waals surface area contributed by atoms with Crippen LogP contribution >= 0.6 is 0 Å². The van der Waals surface area contributed by atoms with Gasteiger partial charge in [0.15, 0.2) is 0 Å². The van der Waals surface area contributed by atoms with Crippen LogP contribution in [0, 0.1) is 6.54 Å². The maximum absolute atomic E-state index is 4.87. The summed E-state index contributed by atoms with van der Waals surface area (Å²) in [6.07, 6.45) is 0.896. The van der Waals surface area contributed by atoms with Crippen molar-refractivity contribution in [2.24, 2.45) is 4.99 Å². The fraction of sp³-hybridized carbons (Fsp3) is 0.667. The van der Waals surface area contributed by atoms with Crippen LogP contribution in [-0.2, 0) is 4.74 Å². The fourth-order valence-corrected chi connectivity index (χ4v) is 0.717. The molecule has 0 aromatic heterocycles. The normalized spacial score (nSPS) is 17.2. The van der Waals surface area contributed by atoms with Crippen LogP contribution in [0.1, 0.15) is 6.42 Å². The molecule has 0 bridgehead atoms. The van der Waals surface area contributed by atoms with Gasteiger partial charge in [0, 0.05) is 20.1 Å². The largest absolute Gasteiger partial charge is 0.384 e. The molecule has 1 N–H and O–H groups in total. The Morgan fingerprint density at radius 1 is 1.89 bits per heavy atom. The summed E-state index contributed by atoms with van der Waals surface area (Å²) in [6.45, 7) is 3.49. The molecule has 0 spiro atoms. The molecule has 3 heteroatoms. The van der Waals surface area contributed by atoms with Crippen molar-refractivity contribution in [3.8, 4) is 0 Å². The van der Waals surface area contributed by atoms with Crippen LogP contribution < -0.4 is 5.32 Å². The molecule has 1 aliphatic heterocycles. The average molecular weight is 127 g/mol. The van der Waals surface area contributed by atoms with Gasteiger partial charge in [-0.05, 0) is 0 Å². The first kappa shape index (κ1) is 6.55. The first-order valence-electron chi connectivity index (χ1n) is 3.04. The van der Waals surface area contributed by atoms with Gasteiger partial charge in [-0.2, -0.15) is 0 Å². The van der Waals surface area contributed by atoms with E-state index in [4.69, 9.17) is 4.74 Å². The van der Waals surface area contributed by atoms with Crippen molar-refractivity contribution in [3.63, 3.8) is 0 Å². The van der Waals surface area contributed by atoms with E-state index >= 15 is 0 Å². The van der Waals surface area contributed by atoms with E-state index in [9.17, 15) is 0 Å². The standard InChI is InChI=1S/C6H11N2O/c1-9-5-2-6-7-3-4-8-6/h3H,2,4-5H2,1H3,(H,7,8). The van der Waals surface area contributed by atoms with Crippen LogP contribution in [0.5, 0.6) is 0 Å². The Hall–Kier alpha value is -0.570. The molecule has 9 heavy (non-hydrogen) atoms. The smallest absolute Gasteiger partial charge is 0.0992 e. The number of aliphatic imine (C=N–C) groups is 1. The highest BCUT2D eigenvalue weighted by molar-refractivity contribution is 5.84. The predicted molar refractivity (Wildman–Crippen MR) is 36.2 cm³/mol. The fourth-order valence-electron chi connectivity index (χ4n) is 0.717. The Morgan fingerprint density at radius 3 is 3.33 bits per heavy atom. The second-order valence-corrected chi connectivity index (χ2v) is 1.88. The van der Waals surface area contributed by atoms with Gasteiger partial charge in [-0.1, -0.05) is 0 Å². The zero-order chi connectivity index (χ0) is 6.53. The van der Waals surface area contributed by atoms with Gasteiger partial charge in [-0.3, -0.25) is 4.99 Å². The van der Waals surface area contributed by atoms with Crippen molar-refractivity contribution < 1.29 is 4.74 Å². The molecule has 1 rings (SSSR count). The molecular weight excluding hydrogens is 116 g/mol. The summed E-state index contributed by atoms with van der Waals surface area (Å²) in [7, 11) is 1.69. The van der Waals surface area contributed by atoms with Gasteiger partial charge < -0.3 is 10.1 Å². The van der Waals surface area contributed by atoms with Crippen LogP contribution in [0.4, 0.5) is 0 Å². The summed E-state index contributed by atoms with van der Waals surface area (Å²) < 4.78 is 4.87. The molecule has 0 atom stereocenters. The third-order valence-electron chi connectivity index (χ3n) is 1.19. The molecule has 0 aromatic carbocycles. The van der Waals surface area contributed by atoms with Crippen LogP contribution in [-0.4, -0.2) is 26.1 Å². The van der Waals surface area contributed by atoms with E-state index in [1.165, 1.54) is 0 Å². The zero-order valence-electron chi connectivity index (χ0n) is 5.55. The van der Waals surface area contributed by atoms with E-state index < -0.39 is 0 Å². The quantitative estimate of drug-likeness (QED) is 0.587. The summed E-state index contributed by atoms with van der Waals surface area (Å²) in [6, 6.07) is 0. The van der Waals surface area contributed by atoms with Crippen molar-refractivity contribution in [3.05, 3.63) is 6.54 Å². The Morgan fingerprint density at radius 2 is 2.78 bits per heavy atom. The number of amidine groups is 1. The Balaban J connectivity index is 2.11. The molecule has 0 aliphatic carbocycles. The molecular formula is C6H11N2O. The monoisotopic (exact) mass is 127 g/mol. The minimum Gasteiger partial charge on any atom is -0.384 e. The van der Waals surface area contributed by atoms with E-state index in [1.807, 2.05) is 6.54 Å². The number of hydrogen-bond donors (Lipinski definition) is 1. The summed E-state index contributed by atoms with van der Waals surface area (Å²) in [5.41, 5.74) is 0. The molecule has 1 aliphatic rings. The second-order valence-electron chi connectivity index (χ2n) is 1.88. The first-order chi connectivity index (χ1) is 4.43.